The number of non-ortho nitro benzene ring substituents is 1. The van der Waals surface area contributed by atoms with Crippen LogP contribution in [0.25, 0.3) is 0 Å². The first-order valence-corrected chi connectivity index (χ1v) is 7.04. The van der Waals surface area contributed by atoms with Crippen LogP contribution < -0.4 is 0 Å². The molecule has 8 heteroatoms. The van der Waals surface area contributed by atoms with E-state index in [0.717, 1.165) is 25.0 Å². The fraction of sp³-hybridized carbons (Fsp3) is 0.500. The van der Waals surface area contributed by atoms with Crippen LogP contribution in [0.15, 0.2) is 12.1 Å². The molecule has 0 bridgehead atoms. The highest BCUT2D eigenvalue weighted by Gasteiger charge is 2.28. The van der Waals surface area contributed by atoms with E-state index < -0.39 is 21.2 Å². The van der Waals surface area contributed by atoms with E-state index in [0.29, 0.717) is 19.0 Å². The molecule has 1 heterocycles. The van der Waals surface area contributed by atoms with E-state index in [2.05, 4.69) is 6.92 Å². The molecule has 1 aliphatic heterocycles. The van der Waals surface area contributed by atoms with E-state index in [-0.39, 0.29) is 17.0 Å². The minimum absolute atomic E-state index is 0.0375. The Morgan fingerprint density at radius 3 is 2.27 bits per heavy atom. The summed E-state index contributed by atoms with van der Waals surface area (Å²) in [6.07, 6.45) is 1.73. The molecule has 0 spiro atoms. The Balaban J connectivity index is 2.42. The van der Waals surface area contributed by atoms with Crippen molar-refractivity contribution in [3.05, 3.63) is 43.5 Å². The van der Waals surface area contributed by atoms with Crippen LogP contribution in [0, 0.1) is 33.1 Å². The molecule has 0 N–H and O–H groups in total. The fourth-order valence-corrected chi connectivity index (χ4v) is 2.58. The molecule has 1 amide bonds. The molecule has 0 saturated carbocycles. The number of carbonyl (C=O) groups is 1. The van der Waals surface area contributed by atoms with Gasteiger partial charge in [0, 0.05) is 24.7 Å². The molecule has 1 aromatic rings. The normalized spacial score (nSPS) is 15.6. The lowest BCUT2D eigenvalue weighted by atomic mass is 9.97. The largest absolute Gasteiger partial charge is 0.339 e. The predicted octanol–water partition coefficient (Wildman–Crippen LogP) is 2.68. The average Bonchev–Trinajstić information content (AvgIpc) is 2.47. The third-order valence-corrected chi connectivity index (χ3v) is 4.07. The molecule has 1 saturated heterocycles. The van der Waals surface area contributed by atoms with Crippen LogP contribution in [0.3, 0.4) is 0 Å². The number of hydrogen-bond donors (Lipinski definition) is 0. The third kappa shape index (κ3) is 3.05. The Labute approximate surface area is 127 Å². The highest BCUT2D eigenvalue weighted by molar-refractivity contribution is 5.97. The summed E-state index contributed by atoms with van der Waals surface area (Å²) in [5.41, 5.74) is -0.636. The minimum Gasteiger partial charge on any atom is -0.339 e. The van der Waals surface area contributed by atoms with Gasteiger partial charge in [0.05, 0.1) is 21.5 Å². The van der Waals surface area contributed by atoms with Crippen LogP contribution in [0.1, 0.15) is 35.7 Å². The molecule has 0 aliphatic carbocycles. The molecule has 0 radical (unpaired) electrons. The first kappa shape index (κ1) is 15.9. The number of nitro benzene ring substituents is 2. The van der Waals surface area contributed by atoms with Crippen molar-refractivity contribution in [1.29, 1.82) is 0 Å². The number of amides is 1. The van der Waals surface area contributed by atoms with Gasteiger partial charge >= 0.3 is 0 Å². The minimum atomic E-state index is -0.721. The lowest BCUT2D eigenvalue weighted by Crippen LogP contribution is -2.38. The zero-order valence-corrected chi connectivity index (χ0v) is 12.4. The van der Waals surface area contributed by atoms with Gasteiger partial charge in [0.25, 0.3) is 17.3 Å². The molecule has 1 aliphatic rings. The van der Waals surface area contributed by atoms with Crippen LogP contribution in [0.4, 0.5) is 11.4 Å². The Morgan fingerprint density at radius 2 is 1.77 bits per heavy atom. The van der Waals surface area contributed by atoms with Gasteiger partial charge in [-0.1, -0.05) is 6.92 Å². The quantitative estimate of drug-likeness (QED) is 0.630. The summed E-state index contributed by atoms with van der Waals surface area (Å²) in [7, 11) is 0. The summed E-state index contributed by atoms with van der Waals surface area (Å²) in [6, 6.07) is 2.02. The Kier molecular flexibility index (Phi) is 4.39. The maximum absolute atomic E-state index is 12.6. The van der Waals surface area contributed by atoms with Gasteiger partial charge in [0.15, 0.2) is 0 Å². The Hall–Kier alpha value is -2.51. The number of nitro groups is 2. The van der Waals surface area contributed by atoms with Gasteiger partial charge in [0.2, 0.25) is 0 Å². The van der Waals surface area contributed by atoms with E-state index in [1.54, 1.807) is 4.90 Å². The summed E-state index contributed by atoms with van der Waals surface area (Å²) < 4.78 is 0. The first-order valence-electron chi connectivity index (χ1n) is 7.04. The van der Waals surface area contributed by atoms with Gasteiger partial charge in [0.1, 0.15) is 0 Å². The predicted molar refractivity (Wildman–Crippen MR) is 78.8 cm³/mol. The van der Waals surface area contributed by atoms with Crippen molar-refractivity contribution in [2.24, 2.45) is 5.92 Å². The number of nitrogens with zero attached hydrogens (tertiary/aromatic N) is 3. The van der Waals surface area contributed by atoms with Gasteiger partial charge in [-0.25, -0.2) is 0 Å². The van der Waals surface area contributed by atoms with Crippen LogP contribution in [0.2, 0.25) is 0 Å². The highest BCUT2D eigenvalue weighted by Crippen LogP contribution is 2.29. The van der Waals surface area contributed by atoms with Crippen LogP contribution >= 0.6 is 0 Å². The summed E-state index contributed by atoms with van der Waals surface area (Å²) in [4.78, 5) is 34.7. The second-order valence-corrected chi connectivity index (χ2v) is 5.63. The van der Waals surface area contributed by atoms with E-state index >= 15 is 0 Å². The molecule has 2 rings (SSSR count). The number of carbonyl (C=O) groups excluding carboxylic acids is 1. The van der Waals surface area contributed by atoms with Gasteiger partial charge in [-0.2, -0.15) is 0 Å². The zero-order chi connectivity index (χ0) is 16.4. The summed E-state index contributed by atoms with van der Waals surface area (Å²) in [5.74, 6) is 0.154. The molecule has 0 atom stereocenters. The zero-order valence-electron chi connectivity index (χ0n) is 12.4. The van der Waals surface area contributed by atoms with E-state index in [4.69, 9.17) is 0 Å². The summed E-state index contributed by atoms with van der Waals surface area (Å²) in [6.45, 7) is 4.68. The molecule has 118 valence electrons. The van der Waals surface area contributed by atoms with Crippen LogP contribution in [0.5, 0.6) is 0 Å². The highest BCUT2D eigenvalue weighted by atomic mass is 16.6. The van der Waals surface area contributed by atoms with E-state index in [9.17, 15) is 25.0 Å². The maximum Gasteiger partial charge on any atom is 0.279 e. The molecule has 0 unspecified atom stereocenters. The molecule has 1 fully saturated rings. The van der Waals surface area contributed by atoms with E-state index in [1.807, 2.05) is 0 Å². The average molecular weight is 307 g/mol. The van der Waals surface area contributed by atoms with Crippen molar-refractivity contribution in [2.75, 3.05) is 13.1 Å². The van der Waals surface area contributed by atoms with Crippen molar-refractivity contribution in [2.45, 2.75) is 26.7 Å². The number of hydrogen-bond acceptors (Lipinski definition) is 5. The molecule has 1 aromatic carbocycles. The van der Waals surface area contributed by atoms with Crippen molar-refractivity contribution < 1.29 is 14.6 Å². The van der Waals surface area contributed by atoms with Gasteiger partial charge in [-0.3, -0.25) is 25.0 Å². The Bertz CT molecular complexity index is 636. The summed E-state index contributed by atoms with van der Waals surface area (Å²) >= 11 is 0. The molecule has 8 nitrogen and oxygen atoms in total. The number of piperidine rings is 1. The lowest BCUT2D eigenvalue weighted by Gasteiger charge is -2.30. The third-order valence-electron chi connectivity index (χ3n) is 4.07. The maximum atomic E-state index is 12.6. The number of benzene rings is 1. The molecular formula is C14H17N3O5. The molecule has 22 heavy (non-hydrogen) atoms. The van der Waals surface area contributed by atoms with E-state index in [1.165, 1.54) is 6.92 Å². The van der Waals surface area contributed by atoms with Crippen molar-refractivity contribution in [3.8, 4) is 0 Å². The lowest BCUT2D eigenvalue weighted by molar-refractivity contribution is -0.394. The van der Waals surface area contributed by atoms with Gasteiger partial charge < -0.3 is 4.90 Å². The van der Waals surface area contributed by atoms with Crippen LogP contribution in [-0.2, 0) is 0 Å². The standard InChI is InChI=1S/C14H17N3O5/c1-9-3-5-15(6-4-9)14(18)12-7-11(16(19)20)8-13(10(12)2)17(21)22/h7-9H,3-6H2,1-2H3. The number of rotatable bonds is 3. The van der Waals surface area contributed by atoms with Crippen LogP contribution in [-0.4, -0.2) is 33.7 Å². The van der Waals surface area contributed by atoms with Crippen molar-refractivity contribution in [1.82, 2.24) is 4.90 Å². The SMILES string of the molecule is Cc1c(C(=O)N2CCC(C)CC2)cc([N+](=O)[O-])cc1[N+](=O)[O-]. The Morgan fingerprint density at radius 1 is 1.18 bits per heavy atom. The van der Waals surface area contributed by atoms with Gasteiger partial charge in [-0.15, -0.1) is 0 Å². The molecular weight excluding hydrogens is 290 g/mol. The second-order valence-electron chi connectivity index (χ2n) is 5.63. The smallest absolute Gasteiger partial charge is 0.279 e. The number of likely N-dealkylation sites (tertiary alicyclic amines) is 1. The summed E-state index contributed by atoms with van der Waals surface area (Å²) in [5, 5.41) is 22.0. The topological polar surface area (TPSA) is 107 Å². The fourth-order valence-electron chi connectivity index (χ4n) is 2.58. The van der Waals surface area contributed by atoms with Crippen molar-refractivity contribution >= 4 is 17.3 Å². The molecule has 0 aromatic heterocycles. The second kappa shape index (κ2) is 6.08. The van der Waals surface area contributed by atoms with Crippen molar-refractivity contribution in [3.63, 3.8) is 0 Å². The monoisotopic (exact) mass is 307 g/mol. The first-order chi connectivity index (χ1) is 10.3. The van der Waals surface area contributed by atoms with Gasteiger partial charge in [-0.05, 0) is 25.7 Å².